The number of rotatable bonds is 4. The Bertz CT molecular complexity index is 784. The van der Waals surface area contributed by atoms with Gasteiger partial charge in [-0.05, 0) is 30.3 Å². The van der Waals surface area contributed by atoms with E-state index in [1.165, 1.54) is 18.2 Å². The van der Waals surface area contributed by atoms with E-state index in [0.717, 1.165) is 0 Å². The van der Waals surface area contributed by atoms with Crippen molar-refractivity contribution < 1.29 is 13.5 Å². The molecule has 2 rings (SSSR count). The molecule has 0 unspecified atom stereocenters. The van der Waals surface area contributed by atoms with Crippen LogP contribution in [-0.2, 0) is 0 Å². The van der Waals surface area contributed by atoms with E-state index in [-0.39, 0.29) is 33.0 Å². The highest BCUT2D eigenvalue weighted by Crippen LogP contribution is 2.38. The third-order valence-electron chi connectivity index (χ3n) is 2.59. The van der Waals surface area contributed by atoms with E-state index in [0.29, 0.717) is 11.3 Å². The monoisotopic (exact) mass is 336 g/mol. The third-order valence-corrected chi connectivity index (χ3v) is 3.73. The van der Waals surface area contributed by atoms with Gasteiger partial charge in [0.25, 0.3) is 5.76 Å². The summed E-state index contributed by atoms with van der Waals surface area (Å²) in [6.45, 7) is 0. The van der Waals surface area contributed by atoms with Crippen molar-refractivity contribution in [3.05, 3.63) is 52.5 Å². The number of hydrogen-bond acceptors (Lipinski definition) is 4. The van der Waals surface area contributed by atoms with E-state index >= 15 is 0 Å². The van der Waals surface area contributed by atoms with Crippen LogP contribution in [-0.4, -0.2) is 5.76 Å². The van der Waals surface area contributed by atoms with Crippen molar-refractivity contribution >= 4 is 23.4 Å². The van der Waals surface area contributed by atoms with Crippen LogP contribution in [0.3, 0.4) is 0 Å². The van der Waals surface area contributed by atoms with Gasteiger partial charge >= 0.3 is 0 Å². The molecule has 0 atom stereocenters. The van der Waals surface area contributed by atoms with Gasteiger partial charge in [0.2, 0.25) is 0 Å². The Kier molecular flexibility index (Phi) is 5.21. The van der Waals surface area contributed by atoms with E-state index in [1.807, 2.05) is 6.07 Å². The number of thioether (sulfide) groups is 1. The molecular weight excluding hydrogens is 330 g/mol. The summed E-state index contributed by atoms with van der Waals surface area (Å²) in [7, 11) is 0. The Labute approximate surface area is 134 Å². The first-order chi connectivity index (χ1) is 10.5. The van der Waals surface area contributed by atoms with Gasteiger partial charge in [0.15, 0.2) is 0 Å². The summed E-state index contributed by atoms with van der Waals surface area (Å²) in [6.07, 6.45) is 0. The first-order valence-electron chi connectivity index (χ1n) is 5.90. The summed E-state index contributed by atoms with van der Waals surface area (Å²) >= 11 is 6.30. The lowest BCUT2D eigenvalue weighted by Gasteiger charge is -2.11. The average molecular weight is 337 g/mol. The topological polar surface area (TPSA) is 56.8 Å². The Morgan fingerprint density at radius 1 is 1.14 bits per heavy atom. The van der Waals surface area contributed by atoms with Crippen LogP contribution in [0.4, 0.5) is 8.78 Å². The van der Waals surface area contributed by atoms with Gasteiger partial charge in [-0.2, -0.15) is 19.3 Å². The lowest BCUT2D eigenvalue weighted by Crippen LogP contribution is -1.92. The molecule has 0 aliphatic rings. The lowest BCUT2D eigenvalue weighted by atomic mass is 10.2. The molecule has 2 aromatic rings. The van der Waals surface area contributed by atoms with Crippen molar-refractivity contribution in [3.8, 4) is 23.6 Å². The summed E-state index contributed by atoms with van der Waals surface area (Å²) < 4.78 is 30.4. The number of benzene rings is 2. The van der Waals surface area contributed by atoms with Crippen LogP contribution < -0.4 is 4.74 Å². The Balaban J connectivity index is 2.37. The fourth-order valence-electron chi connectivity index (χ4n) is 1.67. The van der Waals surface area contributed by atoms with E-state index in [1.54, 1.807) is 24.3 Å². The van der Waals surface area contributed by atoms with Crippen LogP contribution in [0.15, 0.2) is 41.3 Å². The second kappa shape index (κ2) is 7.13. The summed E-state index contributed by atoms with van der Waals surface area (Å²) in [4.78, 5) is 0.0839. The summed E-state index contributed by atoms with van der Waals surface area (Å²) in [6, 6.07) is 12.9. The van der Waals surface area contributed by atoms with Gasteiger partial charge in [-0.15, -0.1) is 0 Å². The van der Waals surface area contributed by atoms with Gasteiger partial charge in [0.1, 0.15) is 22.6 Å². The summed E-state index contributed by atoms with van der Waals surface area (Å²) in [5, 5.41) is 17.9. The number of hydrogen-bond donors (Lipinski definition) is 0. The van der Waals surface area contributed by atoms with Gasteiger partial charge in [-0.1, -0.05) is 29.4 Å². The molecule has 0 amide bonds. The largest absolute Gasteiger partial charge is 0.456 e. The molecule has 0 radical (unpaired) electrons. The molecule has 0 aromatic heterocycles. The minimum absolute atomic E-state index is 0.0458. The number of alkyl halides is 2. The fraction of sp³-hybridized carbons (Fsp3) is 0.0667. The predicted molar refractivity (Wildman–Crippen MR) is 79.3 cm³/mol. The van der Waals surface area contributed by atoms with Crippen LogP contribution >= 0.6 is 23.4 Å². The Morgan fingerprint density at radius 2 is 1.91 bits per heavy atom. The molecule has 0 saturated carbocycles. The number of halogens is 3. The molecule has 0 aliphatic heterocycles. The maximum Gasteiger partial charge on any atom is 0.288 e. The average Bonchev–Trinajstić information content (AvgIpc) is 2.50. The predicted octanol–water partition coefficient (Wildman–Crippen LogP) is 5.19. The van der Waals surface area contributed by atoms with Gasteiger partial charge < -0.3 is 4.74 Å². The van der Waals surface area contributed by atoms with Crippen molar-refractivity contribution in [2.45, 2.75) is 10.7 Å². The molecule has 3 nitrogen and oxygen atoms in total. The highest BCUT2D eigenvalue weighted by atomic mass is 35.5. The number of nitriles is 2. The fourth-order valence-corrected chi connectivity index (χ4v) is 2.58. The highest BCUT2D eigenvalue weighted by Gasteiger charge is 2.17. The quantitative estimate of drug-likeness (QED) is 0.721. The second-order valence-corrected chi connectivity index (χ2v) is 5.39. The molecule has 0 N–H and O–H groups in total. The zero-order valence-corrected chi connectivity index (χ0v) is 12.5. The molecule has 0 bridgehead atoms. The van der Waals surface area contributed by atoms with Gasteiger partial charge in [0.05, 0.1) is 17.2 Å². The molecule has 0 saturated heterocycles. The minimum atomic E-state index is -2.65. The molecular formula is C15H7ClF2N2OS. The first kappa shape index (κ1) is 16.1. The first-order valence-corrected chi connectivity index (χ1v) is 7.16. The highest BCUT2D eigenvalue weighted by molar-refractivity contribution is 7.99. The van der Waals surface area contributed by atoms with Crippen LogP contribution in [0.5, 0.6) is 11.5 Å². The van der Waals surface area contributed by atoms with E-state index < -0.39 is 5.76 Å². The molecule has 0 aliphatic carbocycles. The zero-order valence-electron chi connectivity index (χ0n) is 10.9. The Morgan fingerprint density at radius 3 is 2.55 bits per heavy atom. The van der Waals surface area contributed by atoms with Crippen molar-refractivity contribution in [1.82, 2.24) is 0 Å². The van der Waals surface area contributed by atoms with Crippen LogP contribution in [0.25, 0.3) is 0 Å². The van der Waals surface area contributed by atoms with Crippen LogP contribution in [0, 0.1) is 22.7 Å². The standard InChI is InChI=1S/C15H7ClF2N2OS/c16-14-11(8-20)13(22-15(17)18)5-4-12(14)21-10-3-1-2-9(6-10)7-19/h1-6,15H. The smallest absolute Gasteiger partial charge is 0.288 e. The van der Waals surface area contributed by atoms with Crippen molar-refractivity contribution in [2.24, 2.45) is 0 Å². The number of nitrogens with zero attached hydrogens (tertiary/aromatic N) is 2. The molecule has 0 fully saturated rings. The third kappa shape index (κ3) is 3.67. The lowest BCUT2D eigenvalue weighted by molar-refractivity contribution is 0.252. The van der Waals surface area contributed by atoms with Crippen LogP contribution in [0.1, 0.15) is 11.1 Å². The molecule has 110 valence electrons. The molecule has 7 heteroatoms. The normalized spacial score (nSPS) is 10.1. The van der Waals surface area contributed by atoms with Gasteiger partial charge in [0, 0.05) is 4.90 Å². The number of ether oxygens (including phenoxy) is 1. The Hall–Kier alpha value is -2.28. The maximum absolute atomic E-state index is 12.4. The SMILES string of the molecule is N#Cc1cccc(Oc2ccc(SC(F)F)c(C#N)c2Cl)c1. The minimum Gasteiger partial charge on any atom is -0.456 e. The van der Waals surface area contributed by atoms with Gasteiger partial charge in [-0.25, -0.2) is 0 Å². The van der Waals surface area contributed by atoms with E-state index in [4.69, 9.17) is 26.9 Å². The van der Waals surface area contributed by atoms with E-state index in [2.05, 4.69) is 0 Å². The van der Waals surface area contributed by atoms with Crippen molar-refractivity contribution in [3.63, 3.8) is 0 Å². The molecule has 0 spiro atoms. The molecule has 22 heavy (non-hydrogen) atoms. The van der Waals surface area contributed by atoms with Crippen LogP contribution in [0.2, 0.25) is 5.02 Å². The zero-order chi connectivity index (χ0) is 16.1. The molecule has 2 aromatic carbocycles. The second-order valence-electron chi connectivity index (χ2n) is 3.98. The maximum atomic E-state index is 12.4. The van der Waals surface area contributed by atoms with Crippen molar-refractivity contribution in [2.75, 3.05) is 0 Å². The van der Waals surface area contributed by atoms with Crippen molar-refractivity contribution in [1.29, 1.82) is 10.5 Å². The summed E-state index contributed by atoms with van der Waals surface area (Å²) in [5.41, 5.74) is 0.333. The van der Waals surface area contributed by atoms with Gasteiger partial charge in [-0.3, -0.25) is 0 Å². The summed E-state index contributed by atoms with van der Waals surface area (Å²) in [5.74, 6) is -2.13. The van der Waals surface area contributed by atoms with E-state index in [9.17, 15) is 8.78 Å². The molecule has 0 heterocycles.